The van der Waals surface area contributed by atoms with Crippen LogP contribution in [0.25, 0.3) is 0 Å². The third-order valence-corrected chi connectivity index (χ3v) is 2.70. The van der Waals surface area contributed by atoms with Gasteiger partial charge in [0, 0.05) is 5.92 Å². The van der Waals surface area contributed by atoms with Gasteiger partial charge in [0.1, 0.15) is 5.57 Å². The van der Waals surface area contributed by atoms with Crippen molar-refractivity contribution in [1.29, 1.82) is 0 Å². The number of nitrogens with one attached hydrogen (secondary N) is 2. The van der Waals surface area contributed by atoms with E-state index in [2.05, 4.69) is 22.9 Å². The van der Waals surface area contributed by atoms with E-state index in [1.54, 1.807) is 12.8 Å². The normalized spacial score (nSPS) is 21.9. The molecule has 0 aromatic heterocycles. The van der Waals surface area contributed by atoms with Gasteiger partial charge in [0.25, 0.3) is 11.8 Å². The molecule has 0 aromatic carbocycles. The third kappa shape index (κ3) is 5.89. The van der Waals surface area contributed by atoms with Gasteiger partial charge in [-0.3, -0.25) is 20.2 Å². The largest absolute Gasteiger partial charge is 2.00 e. The molecule has 10 radical (unpaired) electrons. The van der Waals surface area contributed by atoms with E-state index in [0.717, 1.165) is 5.92 Å². The molecule has 1 aliphatic heterocycles. The summed E-state index contributed by atoms with van der Waals surface area (Å²) in [6, 6.07) is 0. The molecule has 0 spiro atoms. The minimum atomic E-state index is -0.468. The van der Waals surface area contributed by atoms with Gasteiger partial charge in [0.05, 0.1) is 0 Å². The smallest absolute Gasteiger partial charge is 0.299 e. The van der Waals surface area contributed by atoms with Gasteiger partial charge in [-0.2, -0.15) is 0 Å². The minimum Gasteiger partial charge on any atom is -0.299 e. The predicted octanol–water partition coefficient (Wildman–Crippen LogP) is 0.868. The molecule has 4 nitrogen and oxygen atoms in total. The minimum absolute atomic E-state index is 0. The topological polar surface area (TPSA) is 58.2 Å². The van der Waals surface area contributed by atoms with Gasteiger partial charge in [-0.25, -0.2) is 0 Å². The summed E-state index contributed by atoms with van der Waals surface area (Å²) in [5.41, 5.74) is 0.0646. The van der Waals surface area contributed by atoms with Crippen molar-refractivity contribution >= 4 is 29.1 Å². The van der Waals surface area contributed by atoms with Gasteiger partial charge < -0.3 is 0 Å². The standard InChI is InChI=1S/C10H7N2O2S.C5H5.Fe/c13-8-7(5-6-3-1-2-4-6)9(14)12-10(15)11-8;1-2-4-5-3-1;/h1-5H,(H2,11,12,13,14,15);1-5H;/q;;+2. The SMILES string of the molecule is O=C1NC(=S)NC(=O)C1=C[C]1[CH][CH][CH][CH]1.[CH]1[CH][CH][CH][CH]1.[Fe+2]. The van der Waals surface area contributed by atoms with E-state index >= 15 is 0 Å². The number of hydrogen-bond donors (Lipinski definition) is 2. The van der Waals surface area contributed by atoms with Gasteiger partial charge in [0.2, 0.25) is 0 Å². The van der Waals surface area contributed by atoms with Crippen molar-refractivity contribution in [1.82, 2.24) is 10.6 Å². The zero-order chi connectivity index (χ0) is 14.4. The van der Waals surface area contributed by atoms with E-state index in [1.165, 1.54) is 6.08 Å². The van der Waals surface area contributed by atoms with Crippen molar-refractivity contribution in [3.05, 3.63) is 75.4 Å². The van der Waals surface area contributed by atoms with Crippen molar-refractivity contribution in [3.8, 4) is 0 Å². The molecule has 0 unspecified atom stereocenters. The summed E-state index contributed by atoms with van der Waals surface area (Å²) in [6.45, 7) is 0. The van der Waals surface area contributed by atoms with Crippen molar-refractivity contribution < 1.29 is 26.7 Å². The average molecular weight is 340 g/mol. The van der Waals surface area contributed by atoms with Crippen molar-refractivity contribution in [2.24, 2.45) is 0 Å². The first-order valence-corrected chi connectivity index (χ1v) is 6.34. The van der Waals surface area contributed by atoms with Gasteiger partial charge in [-0.05, 0) is 70.0 Å². The molecule has 6 heteroatoms. The Hall–Kier alpha value is -0.711. The Bertz CT molecular complexity index is 398. The maximum Gasteiger partial charge on any atom is 2.00 e. The summed E-state index contributed by atoms with van der Waals surface area (Å²) in [5, 5.41) is 4.77. The van der Waals surface area contributed by atoms with Crippen molar-refractivity contribution in [2.45, 2.75) is 0 Å². The molecular weight excluding hydrogens is 328 g/mol. The van der Waals surface area contributed by atoms with Crippen LogP contribution in [0.5, 0.6) is 0 Å². The first kappa shape index (κ1) is 18.3. The molecule has 1 saturated heterocycles. The second kappa shape index (κ2) is 9.34. The van der Waals surface area contributed by atoms with Crippen LogP contribution in [0.4, 0.5) is 0 Å². The Morgan fingerprint density at radius 1 is 0.810 bits per heavy atom. The van der Waals surface area contributed by atoms with E-state index in [1.807, 2.05) is 44.9 Å². The number of thiocarbonyl (C=S) groups is 1. The Kier molecular flexibility index (Phi) is 8.15. The van der Waals surface area contributed by atoms with Gasteiger partial charge >= 0.3 is 17.1 Å². The molecule has 0 bridgehead atoms. The Balaban J connectivity index is 0.000000313. The number of allylic oxidation sites excluding steroid dienone is 1. The van der Waals surface area contributed by atoms with Crippen molar-refractivity contribution in [2.75, 3.05) is 0 Å². The molecule has 3 rings (SSSR count). The van der Waals surface area contributed by atoms with E-state index in [-0.39, 0.29) is 27.8 Å². The van der Waals surface area contributed by atoms with Gasteiger partial charge in [-0.15, -0.1) is 0 Å². The summed E-state index contributed by atoms with van der Waals surface area (Å²) < 4.78 is 0. The maximum atomic E-state index is 11.4. The first-order valence-electron chi connectivity index (χ1n) is 5.93. The maximum absolute atomic E-state index is 11.4. The molecule has 21 heavy (non-hydrogen) atoms. The van der Waals surface area contributed by atoms with Crippen LogP contribution in [0, 0.1) is 63.7 Å². The molecule has 2 amide bonds. The number of carbonyl (C=O) groups is 2. The summed E-state index contributed by atoms with van der Waals surface area (Å²) in [6.07, 6.45) is 18.8. The van der Waals surface area contributed by atoms with E-state index in [9.17, 15) is 9.59 Å². The molecular formula is C15H12FeN2O2S+2. The quantitative estimate of drug-likeness (QED) is 0.322. The average Bonchev–Trinajstić information content (AvgIpc) is 3.09. The first-order chi connectivity index (χ1) is 9.66. The van der Waals surface area contributed by atoms with Crippen LogP contribution >= 0.6 is 12.2 Å². The fourth-order valence-electron chi connectivity index (χ4n) is 1.58. The van der Waals surface area contributed by atoms with Crippen LogP contribution in [-0.4, -0.2) is 16.9 Å². The Morgan fingerprint density at radius 3 is 1.67 bits per heavy atom. The molecule has 3 aliphatic rings. The molecule has 2 N–H and O–H groups in total. The van der Waals surface area contributed by atoms with Crippen LogP contribution in [0.2, 0.25) is 0 Å². The zero-order valence-corrected chi connectivity index (χ0v) is 12.8. The van der Waals surface area contributed by atoms with Crippen LogP contribution in [0.3, 0.4) is 0 Å². The monoisotopic (exact) mass is 340 g/mol. The van der Waals surface area contributed by atoms with E-state index in [4.69, 9.17) is 0 Å². The van der Waals surface area contributed by atoms with Crippen LogP contribution < -0.4 is 10.6 Å². The number of hydrogen-bond acceptors (Lipinski definition) is 3. The summed E-state index contributed by atoms with van der Waals surface area (Å²) in [5.74, 6) is -0.127. The molecule has 1 heterocycles. The number of rotatable bonds is 1. The van der Waals surface area contributed by atoms with E-state index < -0.39 is 11.8 Å². The van der Waals surface area contributed by atoms with Crippen LogP contribution in [0.1, 0.15) is 0 Å². The zero-order valence-electron chi connectivity index (χ0n) is 10.9. The van der Waals surface area contributed by atoms with Gasteiger partial charge in [-0.1, -0.05) is 6.08 Å². The fraction of sp³-hybridized carbons (Fsp3) is 0. The van der Waals surface area contributed by atoms with Crippen molar-refractivity contribution in [3.63, 3.8) is 0 Å². The molecule has 0 atom stereocenters. The van der Waals surface area contributed by atoms with E-state index in [0.29, 0.717) is 0 Å². The van der Waals surface area contributed by atoms with Crippen LogP contribution in [-0.2, 0) is 26.7 Å². The fourth-order valence-corrected chi connectivity index (χ4v) is 1.76. The number of carbonyl (C=O) groups excluding carboxylic acids is 2. The Labute approximate surface area is 142 Å². The molecule has 106 valence electrons. The summed E-state index contributed by atoms with van der Waals surface area (Å²) in [4.78, 5) is 22.8. The van der Waals surface area contributed by atoms with Crippen LogP contribution in [0.15, 0.2) is 11.6 Å². The molecule has 0 aromatic rings. The summed E-state index contributed by atoms with van der Waals surface area (Å²) in [7, 11) is 0. The molecule has 3 fully saturated rings. The second-order valence-electron chi connectivity index (χ2n) is 3.98. The Morgan fingerprint density at radius 2 is 1.24 bits per heavy atom. The molecule has 2 aliphatic carbocycles. The second-order valence-corrected chi connectivity index (χ2v) is 4.38. The summed E-state index contributed by atoms with van der Waals surface area (Å²) >= 11 is 4.67. The number of amides is 2. The molecule has 2 saturated carbocycles. The van der Waals surface area contributed by atoms with Gasteiger partial charge in [0.15, 0.2) is 5.11 Å². The predicted molar refractivity (Wildman–Crippen MR) is 78.9 cm³/mol. The third-order valence-electron chi connectivity index (χ3n) is 2.50.